The van der Waals surface area contributed by atoms with Crippen LogP contribution < -0.4 is 5.32 Å². The summed E-state index contributed by atoms with van der Waals surface area (Å²) in [5, 5.41) is 3.98. The van der Waals surface area contributed by atoms with Crippen LogP contribution in [0.1, 0.15) is 51.4 Å². The predicted octanol–water partition coefficient (Wildman–Crippen LogP) is 4.22. The molecule has 6 heteroatoms. The van der Waals surface area contributed by atoms with Crippen LogP contribution in [0.2, 0.25) is 5.28 Å². The van der Waals surface area contributed by atoms with E-state index in [0.29, 0.717) is 11.3 Å². The summed E-state index contributed by atoms with van der Waals surface area (Å²) in [4.78, 5) is 11.6. The number of halogens is 1. The second-order valence-electron chi connectivity index (χ2n) is 8.69. The molecule has 0 unspecified atom stereocenters. The second kappa shape index (κ2) is 6.38. The number of nitrogens with zero attached hydrogens (tertiary/aromatic N) is 4. The molecule has 0 aromatic carbocycles. The van der Waals surface area contributed by atoms with Crippen molar-refractivity contribution in [3.05, 3.63) is 17.5 Å². The molecule has 26 heavy (non-hydrogen) atoms. The summed E-state index contributed by atoms with van der Waals surface area (Å²) in [7, 11) is 2.03. The number of nitrogens with one attached hydrogen (secondary N) is 1. The molecule has 2 aliphatic carbocycles. The Labute approximate surface area is 160 Å². The molecule has 0 atom stereocenters. The van der Waals surface area contributed by atoms with Crippen LogP contribution in [0.25, 0.3) is 11.0 Å². The molecule has 2 saturated carbocycles. The molecule has 2 aromatic heterocycles. The molecule has 140 valence electrons. The maximum Gasteiger partial charge on any atom is 0.225 e. The number of fused-ring (bicyclic) bond motifs is 1. The molecule has 5 nitrogen and oxygen atoms in total. The maximum absolute atomic E-state index is 6.13. The summed E-state index contributed by atoms with van der Waals surface area (Å²) < 4.78 is 2.07. The van der Waals surface area contributed by atoms with Gasteiger partial charge in [0.15, 0.2) is 5.82 Å². The Bertz CT molecular complexity index is 794. The first-order valence-electron chi connectivity index (χ1n) is 10.1. The van der Waals surface area contributed by atoms with Crippen LogP contribution in [0.4, 0.5) is 5.82 Å². The third-order valence-electron chi connectivity index (χ3n) is 7.06. The molecule has 3 fully saturated rings. The summed E-state index contributed by atoms with van der Waals surface area (Å²) >= 11 is 6.13. The average Bonchev–Trinajstić information content (AvgIpc) is 3.29. The van der Waals surface area contributed by atoms with E-state index in [0.717, 1.165) is 28.3 Å². The molecule has 3 heterocycles. The van der Waals surface area contributed by atoms with Crippen molar-refractivity contribution in [2.45, 2.75) is 63.5 Å². The summed E-state index contributed by atoms with van der Waals surface area (Å²) in [5.74, 6) is 0.879. The van der Waals surface area contributed by atoms with Crippen molar-refractivity contribution < 1.29 is 0 Å². The summed E-state index contributed by atoms with van der Waals surface area (Å²) in [6.45, 7) is 2.66. The van der Waals surface area contributed by atoms with Crippen LogP contribution in [0, 0.1) is 5.41 Å². The Morgan fingerprint density at radius 3 is 2.50 bits per heavy atom. The van der Waals surface area contributed by atoms with Crippen molar-refractivity contribution >= 4 is 28.5 Å². The topological polar surface area (TPSA) is 46.0 Å². The smallest absolute Gasteiger partial charge is 0.225 e. The number of aryl methyl sites for hydroxylation is 1. The largest absolute Gasteiger partial charge is 0.365 e. The van der Waals surface area contributed by atoms with Crippen LogP contribution in [0.5, 0.6) is 0 Å². The lowest BCUT2D eigenvalue weighted by atomic mass is 9.87. The lowest BCUT2D eigenvalue weighted by Gasteiger charge is -2.41. The second-order valence-corrected chi connectivity index (χ2v) is 9.03. The number of aromatic nitrogens is 3. The summed E-state index contributed by atoms with van der Waals surface area (Å²) in [6.07, 6.45) is 12.9. The minimum Gasteiger partial charge on any atom is -0.365 e. The van der Waals surface area contributed by atoms with E-state index in [-0.39, 0.29) is 0 Å². The molecule has 1 spiro atoms. The molecule has 0 radical (unpaired) electrons. The number of hydrogen-bond acceptors (Lipinski definition) is 4. The quantitative estimate of drug-likeness (QED) is 0.818. The van der Waals surface area contributed by atoms with E-state index in [9.17, 15) is 0 Å². The molecular formula is C20H28ClN5. The van der Waals surface area contributed by atoms with Gasteiger partial charge in [0.25, 0.3) is 0 Å². The molecule has 3 aliphatic rings. The van der Waals surface area contributed by atoms with Crippen molar-refractivity contribution in [1.29, 1.82) is 0 Å². The highest BCUT2D eigenvalue weighted by atomic mass is 35.5. The fourth-order valence-electron chi connectivity index (χ4n) is 5.08. The third kappa shape index (κ3) is 3.09. The van der Waals surface area contributed by atoms with E-state index in [1.54, 1.807) is 0 Å². The maximum atomic E-state index is 6.13. The number of hydrogen-bond donors (Lipinski definition) is 1. The lowest BCUT2D eigenvalue weighted by molar-refractivity contribution is 0.0975. The summed E-state index contributed by atoms with van der Waals surface area (Å²) in [5.41, 5.74) is 2.73. The number of likely N-dealkylation sites (tertiary alicyclic amines) is 1. The Hall–Kier alpha value is -1.33. The first kappa shape index (κ1) is 16.8. The van der Waals surface area contributed by atoms with Gasteiger partial charge in [-0.15, -0.1) is 0 Å². The van der Waals surface area contributed by atoms with Gasteiger partial charge in [-0.05, 0) is 87.5 Å². The average molecular weight is 374 g/mol. The van der Waals surface area contributed by atoms with Crippen LogP contribution in [0.15, 0.2) is 12.3 Å². The molecule has 0 amide bonds. The first-order valence-corrected chi connectivity index (χ1v) is 10.5. The van der Waals surface area contributed by atoms with Crippen molar-refractivity contribution in [2.24, 2.45) is 12.5 Å². The van der Waals surface area contributed by atoms with E-state index in [2.05, 4.69) is 24.8 Å². The summed E-state index contributed by atoms with van der Waals surface area (Å²) in [6, 6.07) is 3.26. The zero-order valence-corrected chi connectivity index (χ0v) is 16.3. The molecule has 0 bridgehead atoms. The van der Waals surface area contributed by atoms with Gasteiger partial charge >= 0.3 is 0 Å². The Kier molecular flexibility index (Phi) is 4.13. The van der Waals surface area contributed by atoms with Gasteiger partial charge in [0.1, 0.15) is 5.52 Å². The third-order valence-corrected chi connectivity index (χ3v) is 7.23. The van der Waals surface area contributed by atoms with Crippen LogP contribution >= 0.6 is 11.6 Å². The van der Waals surface area contributed by atoms with Crippen LogP contribution in [0.3, 0.4) is 0 Å². The van der Waals surface area contributed by atoms with Gasteiger partial charge in [0.05, 0.1) is 5.52 Å². The SMILES string of the molecule is Cn1ccc2nc(Cl)nc(N[C@H]3CC[C@H](N4CCC5(CC4)CC5)CC3)c21. The van der Waals surface area contributed by atoms with E-state index in [1.807, 2.05) is 19.3 Å². The van der Waals surface area contributed by atoms with Crippen molar-refractivity contribution in [3.63, 3.8) is 0 Å². The zero-order valence-electron chi connectivity index (χ0n) is 15.5. The first-order chi connectivity index (χ1) is 12.6. The van der Waals surface area contributed by atoms with Gasteiger partial charge in [-0.2, -0.15) is 4.98 Å². The van der Waals surface area contributed by atoms with E-state index in [1.165, 1.54) is 64.5 Å². The normalized spacial score (nSPS) is 28.5. The van der Waals surface area contributed by atoms with E-state index >= 15 is 0 Å². The van der Waals surface area contributed by atoms with Crippen molar-refractivity contribution in [1.82, 2.24) is 19.4 Å². The van der Waals surface area contributed by atoms with E-state index < -0.39 is 0 Å². The highest BCUT2D eigenvalue weighted by Gasteiger charge is 2.45. The number of piperidine rings is 1. The Balaban J connectivity index is 1.22. The highest BCUT2D eigenvalue weighted by molar-refractivity contribution is 6.28. The fourth-order valence-corrected chi connectivity index (χ4v) is 5.26. The predicted molar refractivity (Wildman–Crippen MR) is 106 cm³/mol. The highest BCUT2D eigenvalue weighted by Crippen LogP contribution is 2.54. The monoisotopic (exact) mass is 373 g/mol. The van der Waals surface area contributed by atoms with Crippen molar-refractivity contribution in [3.8, 4) is 0 Å². The Morgan fingerprint density at radius 1 is 1.08 bits per heavy atom. The molecule has 1 N–H and O–H groups in total. The van der Waals surface area contributed by atoms with Gasteiger partial charge < -0.3 is 14.8 Å². The van der Waals surface area contributed by atoms with Crippen LogP contribution in [-0.4, -0.2) is 44.6 Å². The minimum atomic E-state index is 0.321. The molecule has 5 rings (SSSR count). The Morgan fingerprint density at radius 2 is 1.81 bits per heavy atom. The van der Waals surface area contributed by atoms with Gasteiger partial charge in [-0.25, -0.2) is 4.98 Å². The molecule has 1 aliphatic heterocycles. The molecule has 1 saturated heterocycles. The van der Waals surface area contributed by atoms with Gasteiger partial charge in [0, 0.05) is 25.3 Å². The van der Waals surface area contributed by atoms with E-state index in [4.69, 9.17) is 11.6 Å². The van der Waals surface area contributed by atoms with Gasteiger partial charge in [0.2, 0.25) is 5.28 Å². The zero-order chi connectivity index (χ0) is 17.7. The van der Waals surface area contributed by atoms with Gasteiger partial charge in [-0.1, -0.05) is 0 Å². The fraction of sp³-hybridized carbons (Fsp3) is 0.700. The standard InChI is InChI=1S/C20H28ClN5/c1-25-11-6-16-17(25)18(24-19(21)23-16)22-14-2-4-15(5-3-14)26-12-9-20(7-8-20)10-13-26/h6,11,14-15H,2-5,7-10,12-13H2,1H3,(H,22,23,24)/t14-,15-. The molecular weight excluding hydrogens is 346 g/mol. The van der Waals surface area contributed by atoms with Gasteiger partial charge in [-0.3, -0.25) is 0 Å². The minimum absolute atomic E-state index is 0.321. The molecule has 2 aromatic rings. The number of rotatable bonds is 3. The van der Waals surface area contributed by atoms with Crippen LogP contribution in [-0.2, 0) is 7.05 Å². The van der Waals surface area contributed by atoms with Crippen molar-refractivity contribution in [2.75, 3.05) is 18.4 Å². The lowest BCUT2D eigenvalue weighted by Crippen LogP contribution is -2.45. The number of anilines is 1.